The molecule has 0 aromatic heterocycles. The second kappa shape index (κ2) is 2.62. The van der Waals surface area contributed by atoms with Gasteiger partial charge in [-0.2, -0.15) is 0 Å². The van der Waals surface area contributed by atoms with E-state index < -0.39 is 17.1 Å². The fourth-order valence-electron chi connectivity index (χ4n) is 0.849. The molecule has 0 saturated carbocycles. The number of alkyl halides is 1. The molecule has 1 saturated heterocycles. The molecule has 1 aliphatic rings. The monoisotopic (exact) mass is 153 g/mol. The molecule has 0 unspecified atom stereocenters. The van der Waals surface area contributed by atoms with E-state index in [-0.39, 0.29) is 6.54 Å². The maximum absolute atomic E-state index is 12.2. The highest BCUT2D eigenvalue weighted by Crippen LogP contribution is 2.10. The molecule has 54 valence electrons. The van der Waals surface area contributed by atoms with Crippen LogP contribution in [0.15, 0.2) is 0 Å². The van der Waals surface area contributed by atoms with Crippen LogP contribution in [-0.2, 0) is 10.9 Å². The molecule has 1 rings (SSSR count). The van der Waals surface area contributed by atoms with Crippen LogP contribution in [0.25, 0.3) is 0 Å². The minimum Gasteiger partial charge on any atom is -0.246 e. The Morgan fingerprint density at radius 2 is 2.22 bits per heavy atom. The van der Waals surface area contributed by atoms with Crippen LogP contribution in [0.1, 0.15) is 6.42 Å². The Kier molecular flexibility index (Phi) is 2.02. The van der Waals surface area contributed by atoms with Crippen LogP contribution in [0, 0.1) is 0 Å². The third-order valence-electron chi connectivity index (χ3n) is 1.34. The summed E-state index contributed by atoms with van der Waals surface area (Å²) >= 11 is 0. The van der Waals surface area contributed by atoms with Gasteiger partial charge in [0.1, 0.15) is 6.17 Å². The van der Waals surface area contributed by atoms with E-state index >= 15 is 0 Å². The minimum atomic E-state index is -2.53. The van der Waals surface area contributed by atoms with Gasteiger partial charge in [-0.25, -0.2) is 17.1 Å². The summed E-state index contributed by atoms with van der Waals surface area (Å²) in [6.45, 7) is 0.401. The second-order valence-electron chi connectivity index (χ2n) is 2.04. The van der Waals surface area contributed by atoms with Crippen LogP contribution in [0.2, 0.25) is 0 Å². The molecular weight excluding hydrogens is 145 g/mol. The molecule has 0 N–H and O–H groups in total. The molecule has 3 nitrogen and oxygen atoms in total. The highest BCUT2D eigenvalue weighted by atomic mass is 32.2. The highest BCUT2D eigenvalue weighted by molar-refractivity contribution is 7.69. The van der Waals surface area contributed by atoms with Crippen LogP contribution in [-0.4, -0.2) is 32.0 Å². The maximum Gasteiger partial charge on any atom is 0.204 e. The molecule has 0 radical (unpaired) electrons. The number of hydrogen-bond acceptors (Lipinski definition) is 2. The van der Waals surface area contributed by atoms with Crippen LogP contribution in [0.4, 0.5) is 4.39 Å². The topological polar surface area (TPSA) is 37.4 Å². The van der Waals surface area contributed by atoms with E-state index in [0.29, 0.717) is 13.0 Å². The molecule has 0 spiro atoms. The quantitative estimate of drug-likeness (QED) is 0.518. The maximum atomic E-state index is 12.2. The normalized spacial score (nSPS) is 29.8. The van der Waals surface area contributed by atoms with Gasteiger partial charge in [-0.1, -0.05) is 0 Å². The first-order chi connectivity index (χ1) is 4.20. The first-order valence-corrected chi connectivity index (χ1v) is 3.86. The van der Waals surface area contributed by atoms with Crippen LogP contribution in [0.3, 0.4) is 0 Å². The van der Waals surface area contributed by atoms with Gasteiger partial charge in [-0.3, -0.25) is 0 Å². The third-order valence-corrected chi connectivity index (χ3v) is 2.17. The summed E-state index contributed by atoms with van der Waals surface area (Å²) in [5.41, 5.74) is 0. The van der Waals surface area contributed by atoms with Crippen molar-refractivity contribution in [3.05, 3.63) is 0 Å². The summed E-state index contributed by atoms with van der Waals surface area (Å²) in [4.78, 5) is 0. The predicted octanol–water partition coefficient (Wildman–Crippen LogP) is -0.443. The molecule has 0 aromatic carbocycles. The lowest BCUT2D eigenvalue weighted by molar-refractivity contribution is 0.345. The molecular formula is C4H8FNO2S. The molecule has 1 aliphatic heterocycles. The molecule has 0 bridgehead atoms. The minimum absolute atomic E-state index is 0.0543. The van der Waals surface area contributed by atoms with Gasteiger partial charge in [0.2, 0.25) is 10.9 Å². The van der Waals surface area contributed by atoms with Gasteiger partial charge in [0, 0.05) is 13.1 Å². The van der Waals surface area contributed by atoms with E-state index in [1.54, 1.807) is 0 Å². The highest BCUT2D eigenvalue weighted by Gasteiger charge is 2.22. The van der Waals surface area contributed by atoms with Crippen molar-refractivity contribution in [3.8, 4) is 0 Å². The first kappa shape index (κ1) is 6.95. The number of thiol groups is 1. The van der Waals surface area contributed by atoms with E-state index in [2.05, 4.69) is 0 Å². The van der Waals surface area contributed by atoms with Crippen LogP contribution in [0.5, 0.6) is 0 Å². The summed E-state index contributed by atoms with van der Waals surface area (Å²) in [6, 6.07) is 0. The molecule has 5 heteroatoms. The van der Waals surface area contributed by atoms with E-state index in [9.17, 15) is 12.8 Å². The van der Waals surface area contributed by atoms with Crippen molar-refractivity contribution in [2.75, 3.05) is 13.1 Å². The van der Waals surface area contributed by atoms with Gasteiger partial charge in [0.15, 0.2) is 0 Å². The molecule has 0 amide bonds. The Balaban J connectivity index is 2.48. The van der Waals surface area contributed by atoms with Crippen molar-refractivity contribution in [1.82, 2.24) is 4.31 Å². The lowest BCUT2D eigenvalue weighted by Gasteiger charge is -2.01. The van der Waals surface area contributed by atoms with Crippen molar-refractivity contribution in [2.45, 2.75) is 12.6 Å². The Bertz CT molecular complexity index is 162. The standard InChI is InChI=1S/C4H8FNO2S/c5-4-1-2-6(3-4)9(7)8/h4,9H,1-3H2/t4-/m1/s1. The van der Waals surface area contributed by atoms with Gasteiger partial charge in [-0.15, -0.1) is 0 Å². The van der Waals surface area contributed by atoms with Gasteiger partial charge in [0.05, 0.1) is 0 Å². The largest absolute Gasteiger partial charge is 0.246 e. The number of halogens is 1. The fourth-order valence-corrected chi connectivity index (χ4v) is 1.44. The molecule has 9 heavy (non-hydrogen) atoms. The zero-order valence-electron chi connectivity index (χ0n) is 4.79. The van der Waals surface area contributed by atoms with Crippen molar-refractivity contribution in [1.29, 1.82) is 0 Å². The Morgan fingerprint density at radius 1 is 1.56 bits per heavy atom. The summed E-state index contributed by atoms with van der Waals surface area (Å²) in [5.74, 6) is 0. The number of nitrogens with zero attached hydrogens (tertiary/aromatic N) is 1. The Hall–Kier alpha value is -0.160. The molecule has 0 aromatic rings. The lowest BCUT2D eigenvalue weighted by Crippen LogP contribution is -2.18. The zero-order chi connectivity index (χ0) is 6.85. The summed E-state index contributed by atoms with van der Waals surface area (Å²) < 4.78 is 33.6. The number of hydrogen-bond donors (Lipinski definition) is 1. The average molecular weight is 153 g/mol. The van der Waals surface area contributed by atoms with Gasteiger partial charge < -0.3 is 0 Å². The predicted molar refractivity (Wildman–Crippen MR) is 31.4 cm³/mol. The van der Waals surface area contributed by atoms with E-state index in [0.717, 1.165) is 4.31 Å². The van der Waals surface area contributed by atoms with Crippen LogP contribution >= 0.6 is 0 Å². The molecule has 1 atom stereocenters. The Labute approximate surface area is 54.5 Å². The van der Waals surface area contributed by atoms with Gasteiger partial charge in [-0.05, 0) is 6.42 Å². The fraction of sp³-hybridized carbons (Fsp3) is 1.00. The van der Waals surface area contributed by atoms with Gasteiger partial charge in [0.25, 0.3) is 0 Å². The summed E-state index contributed by atoms with van der Waals surface area (Å²) in [7, 11) is -2.53. The second-order valence-corrected chi connectivity index (χ2v) is 3.08. The summed E-state index contributed by atoms with van der Waals surface area (Å²) in [5, 5.41) is 0. The third kappa shape index (κ3) is 1.62. The smallest absolute Gasteiger partial charge is 0.204 e. The lowest BCUT2D eigenvalue weighted by atomic mass is 10.4. The van der Waals surface area contributed by atoms with E-state index in [1.165, 1.54) is 0 Å². The van der Waals surface area contributed by atoms with Crippen LogP contribution < -0.4 is 0 Å². The number of rotatable bonds is 1. The average Bonchev–Trinajstić information content (AvgIpc) is 2.14. The Morgan fingerprint density at radius 3 is 2.44 bits per heavy atom. The summed E-state index contributed by atoms with van der Waals surface area (Å²) in [6.07, 6.45) is -0.596. The van der Waals surface area contributed by atoms with Crippen molar-refractivity contribution in [2.24, 2.45) is 0 Å². The van der Waals surface area contributed by atoms with E-state index in [1.807, 2.05) is 0 Å². The van der Waals surface area contributed by atoms with E-state index in [4.69, 9.17) is 0 Å². The molecule has 1 heterocycles. The van der Waals surface area contributed by atoms with Crippen molar-refractivity contribution in [3.63, 3.8) is 0 Å². The van der Waals surface area contributed by atoms with Crippen molar-refractivity contribution >= 4 is 10.9 Å². The first-order valence-electron chi connectivity index (χ1n) is 2.73. The van der Waals surface area contributed by atoms with Gasteiger partial charge >= 0.3 is 0 Å². The van der Waals surface area contributed by atoms with Crippen molar-refractivity contribution < 1.29 is 12.8 Å². The molecule has 0 aliphatic carbocycles. The zero-order valence-corrected chi connectivity index (χ0v) is 5.68. The molecule has 1 fully saturated rings. The SMILES string of the molecule is O=[SH](=O)N1CC[C@@H](F)C1.